The lowest BCUT2D eigenvalue weighted by molar-refractivity contribution is -0.136. The number of ether oxygens (including phenoxy) is 3. The van der Waals surface area contributed by atoms with Crippen LogP contribution in [0.3, 0.4) is 0 Å². The Hall–Kier alpha value is -3.89. The van der Waals surface area contributed by atoms with Gasteiger partial charge in [-0.05, 0) is 73.2 Å². The molecule has 1 aliphatic rings. The number of hydrogen-bond acceptors (Lipinski definition) is 8. The summed E-state index contributed by atoms with van der Waals surface area (Å²) in [5, 5.41) is 7.33. The molecule has 0 bridgehead atoms. The molecule has 2 amide bonds. The molecule has 0 unspecified atom stereocenters. The Labute approximate surface area is 228 Å². The van der Waals surface area contributed by atoms with Gasteiger partial charge in [0.2, 0.25) is 0 Å². The molecule has 0 fully saturated rings. The van der Waals surface area contributed by atoms with Crippen LogP contribution in [0.25, 0.3) is 0 Å². The van der Waals surface area contributed by atoms with E-state index in [0.717, 1.165) is 35.3 Å². The average molecular weight is 556 g/mol. The van der Waals surface area contributed by atoms with Crippen molar-refractivity contribution in [2.45, 2.75) is 32.8 Å². The minimum absolute atomic E-state index is 0.306. The van der Waals surface area contributed by atoms with Crippen molar-refractivity contribution in [3.05, 3.63) is 74.6 Å². The fourth-order valence-corrected chi connectivity index (χ4v) is 5.45. The Morgan fingerprint density at radius 3 is 2.68 bits per heavy atom. The molecule has 1 aromatic heterocycles. The fraction of sp³-hybridized carbons (Fsp3) is 0.259. The summed E-state index contributed by atoms with van der Waals surface area (Å²) in [5.74, 6) is -1.41. The first-order chi connectivity index (χ1) is 18.4. The number of thiophene rings is 1. The molecular formula is C27H26ClN3O6S. The van der Waals surface area contributed by atoms with Crippen LogP contribution in [0.15, 0.2) is 47.6 Å². The highest BCUT2D eigenvalue weighted by atomic mass is 35.5. The molecule has 0 saturated heterocycles. The van der Waals surface area contributed by atoms with Crippen LogP contribution in [0.4, 0.5) is 5.00 Å². The number of halogens is 1. The number of carbonyl (C=O) groups is 3. The van der Waals surface area contributed by atoms with Gasteiger partial charge in [-0.25, -0.2) is 10.2 Å². The van der Waals surface area contributed by atoms with Crippen LogP contribution in [0.5, 0.6) is 11.5 Å². The van der Waals surface area contributed by atoms with Crippen molar-refractivity contribution in [2.24, 2.45) is 5.10 Å². The number of benzene rings is 2. The SMILES string of the molecule is CCOc1cc(C=NNC(=O)C(=O)Nc2sc3c(c2C(=O)OC)CCC3)ccc1OCc1cccc(Cl)c1. The maximum absolute atomic E-state index is 12.5. The Morgan fingerprint density at radius 1 is 1.08 bits per heavy atom. The molecule has 0 atom stereocenters. The Kier molecular flexibility index (Phi) is 8.98. The van der Waals surface area contributed by atoms with Crippen molar-refractivity contribution in [2.75, 3.05) is 19.0 Å². The van der Waals surface area contributed by atoms with E-state index in [-0.39, 0.29) is 0 Å². The predicted molar refractivity (Wildman–Crippen MR) is 145 cm³/mol. The number of anilines is 1. The zero-order valence-electron chi connectivity index (χ0n) is 20.8. The third kappa shape index (κ3) is 6.51. The number of carbonyl (C=O) groups excluding carboxylic acids is 3. The summed E-state index contributed by atoms with van der Waals surface area (Å²) in [6.45, 7) is 2.59. The molecule has 3 aromatic rings. The van der Waals surface area contributed by atoms with Crippen molar-refractivity contribution in [1.29, 1.82) is 0 Å². The van der Waals surface area contributed by atoms with Gasteiger partial charge in [-0.1, -0.05) is 23.7 Å². The molecule has 0 aliphatic heterocycles. The molecule has 1 aliphatic carbocycles. The summed E-state index contributed by atoms with van der Waals surface area (Å²) in [6, 6.07) is 12.6. The first-order valence-corrected chi connectivity index (χ1v) is 13.1. The monoisotopic (exact) mass is 555 g/mol. The normalized spacial score (nSPS) is 12.2. The van der Waals surface area contributed by atoms with Gasteiger partial charge in [-0.3, -0.25) is 9.59 Å². The molecule has 0 radical (unpaired) electrons. The molecule has 0 saturated carbocycles. The molecule has 0 spiro atoms. The highest BCUT2D eigenvalue weighted by Gasteiger charge is 2.29. The van der Waals surface area contributed by atoms with Crippen molar-refractivity contribution < 1.29 is 28.6 Å². The van der Waals surface area contributed by atoms with E-state index in [0.29, 0.717) is 45.9 Å². The topological polar surface area (TPSA) is 115 Å². The highest BCUT2D eigenvalue weighted by Crippen LogP contribution is 2.39. The van der Waals surface area contributed by atoms with E-state index >= 15 is 0 Å². The largest absolute Gasteiger partial charge is 0.490 e. The zero-order chi connectivity index (χ0) is 27.1. The number of hydrazone groups is 1. The van der Waals surface area contributed by atoms with Gasteiger partial charge in [-0.2, -0.15) is 5.10 Å². The van der Waals surface area contributed by atoms with Crippen LogP contribution in [0.2, 0.25) is 5.02 Å². The average Bonchev–Trinajstić information content (AvgIpc) is 3.49. The third-order valence-corrected chi connectivity index (χ3v) is 7.12. The molecule has 38 heavy (non-hydrogen) atoms. The van der Waals surface area contributed by atoms with Gasteiger partial charge in [-0.15, -0.1) is 11.3 Å². The molecule has 1 heterocycles. The number of methoxy groups -OCH3 is 1. The maximum atomic E-state index is 12.5. The lowest BCUT2D eigenvalue weighted by atomic mass is 10.1. The molecule has 4 rings (SSSR count). The molecule has 2 N–H and O–H groups in total. The van der Waals surface area contributed by atoms with Gasteiger partial charge in [0.15, 0.2) is 11.5 Å². The second-order valence-electron chi connectivity index (χ2n) is 8.26. The molecule has 9 nitrogen and oxygen atoms in total. The predicted octanol–water partition coefficient (Wildman–Crippen LogP) is 4.74. The maximum Gasteiger partial charge on any atom is 0.341 e. The van der Waals surface area contributed by atoms with E-state index in [2.05, 4.69) is 15.8 Å². The molecular weight excluding hydrogens is 530 g/mol. The number of nitrogens with zero attached hydrogens (tertiary/aromatic N) is 1. The fourth-order valence-electron chi connectivity index (χ4n) is 3.97. The first kappa shape index (κ1) is 27.2. The van der Waals surface area contributed by atoms with Crippen LogP contribution in [0.1, 0.15) is 45.3 Å². The van der Waals surface area contributed by atoms with Crippen molar-refractivity contribution in [3.63, 3.8) is 0 Å². The Morgan fingerprint density at radius 2 is 1.92 bits per heavy atom. The van der Waals surface area contributed by atoms with E-state index in [9.17, 15) is 14.4 Å². The van der Waals surface area contributed by atoms with Gasteiger partial charge >= 0.3 is 17.8 Å². The lowest BCUT2D eigenvalue weighted by Crippen LogP contribution is -2.32. The second kappa shape index (κ2) is 12.6. The van der Waals surface area contributed by atoms with E-state index in [4.69, 9.17) is 25.8 Å². The molecule has 2 aromatic carbocycles. The zero-order valence-corrected chi connectivity index (χ0v) is 22.4. The van der Waals surface area contributed by atoms with E-state index < -0.39 is 17.8 Å². The minimum Gasteiger partial charge on any atom is -0.490 e. The van der Waals surface area contributed by atoms with Gasteiger partial charge < -0.3 is 19.5 Å². The van der Waals surface area contributed by atoms with E-state index in [1.165, 1.54) is 24.7 Å². The van der Waals surface area contributed by atoms with E-state index in [1.807, 2.05) is 25.1 Å². The number of fused-ring (bicyclic) bond motifs is 1. The van der Waals surface area contributed by atoms with Crippen LogP contribution in [-0.4, -0.2) is 37.7 Å². The third-order valence-electron chi connectivity index (χ3n) is 5.67. The second-order valence-corrected chi connectivity index (χ2v) is 9.81. The van der Waals surface area contributed by atoms with Crippen LogP contribution >= 0.6 is 22.9 Å². The van der Waals surface area contributed by atoms with Crippen molar-refractivity contribution >= 4 is 51.9 Å². The number of rotatable bonds is 9. The summed E-state index contributed by atoms with van der Waals surface area (Å²) < 4.78 is 16.4. The standard InChI is InChI=1S/C27H26ClN3O6S/c1-3-36-21-13-16(10-11-20(21)37-15-17-6-4-7-18(28)12-17)14-29-31-25(33)24(32)30-26-23(27(34)35-2)19-8-5-9-22(19)38-26/h4,6-7,10-14H,3,5,8-9,15H2,1-2H3,(H,30,32)(H,31,33). The number of esters is 1. The smallest absolute Gasteiger partial charge is 0.341 e. The van der Waals surface area contributed by atoms with Gasteiger partial charge in [0.1, 0.15) is 11.6 Å². The number of aryl methyl sites for hydroxylation is 1. The highest BCUT2D eigenvalue weighted by molar-refractivity contribution is 7.17. The number of nitrogens with one attached hydrogen (secondary N) is 2. The molecule has 198 valence electrons. The van der Waals surface area contributed by atoms with Gasteiger partial charge in [0.05, 0.1) is 25.5 Å². The Balaban J connectivity index is 1.37. The lowest BCUT2D eigenvalue weighted by Gasteiger charge is -2.12. The van der Waals surface area contributed by atoms with E-state index in [1.54, 1.807) is 24.3 Å². The van der Waals surface area contributed by atoms with Crippen LogP contribution < -0.4 is 20.2 Å². The summed E-state index contributed by atoms with van der Waals surface area (Å²) in [6.07, 6.45) is 3.88. The minimum atomic E-state index is -0.975. The van der Waals surface area contributed by atoms with Crippen LogP contribution in [-0.2, 0) is 33.8 Å². The van der Waals surface area contributed by atoms with Gasteiger partial charge in [0.25, 0.3) is 0 Å². The summed E-state index contributed by atoms with van der Waals surface area (Å²) in [4.78, 5) is 38.0. The summed E-state index contributed by atoms with van der Waals surface area (Å²) in [5.41, 5.74) is 4.93. The number of hydrogen-bond donors (Lipinski definition) is 2. The van der Waals surface area contributed by atoms with Crippen LogP contribution in [0, 0.1) is 0 Å². The van der Waals surface area contributed by atoms with Crippen molar-refractivity contribution in [3.8, 4) is 11.5 Å². The molecule has 11 heteroatoms. The summed E-state index contributed by atoms with van der Waals surface area (Å²) >= 11 is 7.32. The number of amides is 2. The van der Waals surface area contributed by atoms with Gasteiger partial charge in [0, 0.05) is 9.90 Å². The Bertz CT molecular complexity index is 1390. The van der Waals surface area contributed by atoms with Crippen molar-refractivity contribution in [1.82, 2.24) is 5.43 Å². The quantitative estimate of drug-likeness (QED) is 0.170. The first-order valence-electron chi connectivity index (χ1n) is 11.9. The summed E-state index contributed by atoms with van der Waals surface area (Å²) in [7, 11) is 1.28.